The molecule has 1 fully saturated rings. The van der Waals surface area contributed by atoms with E-state index in [4.69, 9.17) is 16.3 Å². The Morgan fingerprint density at radius 2 is 1.79 bits per heavy atom. The zero-order valence-electron chi connectivity index (χ0n) is 20.1. The van der Waals surface area contributed by atoms with Gasteiger partial charge in [-0.3, -0.25) is 19.7 Å². The second kappa shape index (κ2) is 11.5. The third-order valence-electron chi connectivity index (χ3n) is 5.60. The Bertz CT molecular complexity index is 1510. The lowest BCUT2D eigenvalue weighted by Gasteiger charge is -2.28. The smallest absolute Gasteiger partial charge is 0.335 e. The van der Waals surface area contributed by atoms with Crippen LogP contribution in [0.2, 0.25) is 5.02 Å². The number of barbiturate groups is 1. The Labute approximate surface area is 240 Å². The quantitative estimate of drug-likeness (QED) is 0.243. The number of carbonyl (C=O) groups excluding carboxylic acids is 4. The molecule has 1 saturated heterocycles. The van der Waals surface area contributed by atoms with Gasteiger partial charge in [0.1, 0.15) is 11.3 Å². The average molecular weight is 662 g/mol. The van der Waals surface area contributed by atoms with Crippen molar-refractivity contribution in [3.8, 4) is 5.75 Å². The van der Waals surface area contributed by atoms with E-state index in [1.54, 1.807) is 49.4 Å². The predicted molar refractivity (Wildman–Crippen MR) is 152 cm³/mol. The van der Waals surface area contributed by atoms with Crippen LogP contribution in [-0.2, 0) is 14.4 Å². The van der Waals surface area contributed by atoms with Crippen LogP contribution in [0.15, 0.2) is 69.1 Å². The van der Waals surface area contributed by atoms with Gasteiger partial charge in [0, 0.05) is 20.7 Å². The van der Waals surface area contributed by atoms with E-state index in [9.17, 15) is 19.2 Å². The molecule has 194 valence electrons. The minimum Gasteiger partial charge on any atom is -0.482 e. The molecule has 2 N–H and O–H groups in total. The highest BCUT2D eigenvalue weighted by atomic mass is 79.9. The number of anilines is 2. The third kappa shape index (κ3) is 5.98. The van der Waals surface area contributed by atoms with Crippen molar-refractivity contribution in [3.63, 3.8) is 0 Å². The number of urea groups is 1. The number of aryl methyl sites for hydroxylation is 1. The molecule has 0 saturated carbocycles. The summed E-state index contributed by atoms with van der Waals surface area (Å²) in [6.07, 6.45) is 1.31. The second-order valence-corrected chi connectivity index (χ2v) is 10.5. The molecule has 0 spiro atoms. The van der Waals surface area contributed by atoms with Gasteiger partial charge in [-0.25, -0.2) is 9.69 Å². The van der Waals surface area contributed by atoms with Gasteiger partial charge in [0.05, 0.1) is 10.2 Å². The summed E-state index contributed by atoms with van der Waals surface area (Å²) in [5.74, 6) is -1.87. The number of imide groups is 2. The summed E-state index contributed by atoms with van der Waals surface area (Å²) in [5, 5.41) is 5.30. The summed E-state index contributed by atoms with van der Waals surface area (Å²) < 4.78 is 6.89. The number of halogens is 3. The molecular weight excluding hydrogens is 642 g/mol. The van der Waals surface area contributed by atoms with Crippen molar-refractivity contribution in [1.82, 2.24) is 5.32 Å². The third-order valence-corrected chi connectivity index (χ3v) is 7.06. The fourth-order valence-corrected chi connectivity index (χ4v) is 5.22. The van der Waals surface area contributed by atoms with E-state index in [0.717, 1.165) is 10.5 Å². The summed E-state index contributed by atoms with van der Waals surface area (Å²) in [6.45, 7) is 3.27. The van der Waals surface area contributed by atoms with Crippen LogP contribution in [0.4, 0.5) is 16.2 Å². The van der Waals surface area contributed by atoms with Gasteiger partial charge < -0.3 is 10.1 Å². The monoisotopic (exact) mass is 659 g/mol. The van der Waals surface area contributed by atoms with Gasteiger partial charge in [-0.15, -0.1) is 0 Å². The molecule has 3 aromatic carbocycles. The highest BCUT2D eigenvalue weighted by molar-refractivity contribution is 9.11. The molecule has 3 aromatic rings. The van der Waals surface area contributed by atoms with Gasteiger partial charge in [0.15, 0.2) is 6.61 Å². The van der Waals surface area contributed by atoms with Crippen molar-refractivity contribution in [3.05, 3.63) is 90.8 Å². The number of hydrogen-bond acceptors (Lipinski definition) is 5. The average Bonchev–Trinajstić information content (AvgIpc) is 2.85. The Balaban J connectivity index is 1.64. The number of nitrogens with zero attached hydrogens (tertiary/aromatic N) is 1. The molecule has 0 atom stereocenters. The summed E-state index contributed by atoms with van der Waals surface area (Å²) >= 11 is 13.0. The number of ether oxygens (including phenoxy) is 1. The van der Waals surface area contributed by atoms with Crippen LogP contribution in [0.5, 0.6) is 5.75 Å². The molecule has 0 unspecified atom stereocenters. The summed E-state index contributed by atoms with van der Waals surface area (Å²) in [6, 6.07) is 14.5. The van der Waals surface area contributed by atoms with Gasteiger partial charge in [0.2, 0.25) is 0 Å². The molecule has 4 rings (SSSR count). The fourth-order valence-electron chi connectivity index (χ4n) is 3.68. The van der Waals surface area contributed by atoms with E-state index in [1.165, 1.54) is 6.08 Å². The molecular formula is C27H20Br2ClN3O5. The first-order chi connectivity index (χ1) is 18.0. The van der Waals surface area contributed by atoms with Gasteiger partial charge in [-0.05, 0) is 77.8 Å². The van der Waals surface area contributed by atoms with Crippen LogP contribution in [0.25, 0.3) is 6.08 Å². The Hall–Kier alpha value is -3.47. The maximum Gasteiger partial charge on any atom is 0.335 e. The molecule has 8 nitrogen and oxygen atoms in total. The number of hydrogen-bond donors (Lipinski definition) is 2. The minimum absolute atomic E-state index is 0.225. The Morgan fingerprint density at radius 1 is 1.08 bits per heavy atom. The lowest BCUT2D eigenvalue weighted by atomic mass is 10.0. The molecule has 1 aliphatic rings. The van der Waals surface area contributed by atoms with Crippen molar-refractivity contribution in [1.29, 1.82) is 0 Å². The highest BCUT2D eigenvalue weighted by Gasteiger charge is 2.38. The molecule has 1 heterocycles. The number of rotatable bonds is 6. The Morgan fingerprint density at radius 3 is 2.50 bits per heavy atom. The van der Waals surface area contributed by atoms with Crippen molar-refractivity contribution in [2.75, 3.05) is 16.8 Å². The lowest BCUT2D eigenvalue weighted by Crippen LogP contribution is -2.54. The first kappa shape index (κ1) is 27.6. The van der Waals surface area contributed by atoms with E-state index >= 15 is 0 Å². The number of carbonyl (C=O) groups is 4. The van der Waals surface area contributed by atoms with E-state index in [1.807, 2.05) is 19.1 Å². The van der Waals surface area contributed by atoms with Crippen molar-refractivity contribution < 1.29 is 23.9 Å². The lowest BCUT2D eigenvalue weighted by molar-refractivity contribution is -0.122. The first-order valence-electron chi connectivity index (χ1n) is 11.2. The van der Waals surface area contributed by atoms with Gasteiger partial charge in [-0.2, -0.15) is 0 Å². The normalized spacial score (nSPS) is 14.5. The minimum atomic E-state index is -0.887. The van der Waals surface area contributed by atoms with Crippen LogP contribution in [0, 0.1) is 13.8 Å². The fraction of sp³-hybridized carbons (Fsp3) is 0.111. The highest BCUT2D eigenvalue weighted by Crippen LogP contribution is 2.36. The molecule has 0 bridgehead atoms. The van der Waals surface area contributed by atoms with Crippen LogP contribution in [0.1, 0.15) is 16.7 Å². The maximum absolute atomic E-state index is 13.4. The first-order valence-corrected chi connectivity index (χ1v) is 13.2. The zero-order chi connectivity index (χ0) is 27.6. The second-order valence-electron chi connectivity index (χ2n) is 8.35. The topological polar surface area (TPSA) is 105 Å². The molecule has 0 aromatic heterocycles. The van der Waals surface area contributed by atoms with Crippen LogP contribution in [0.3, 0.4) is 0 Å². The number of nitrogens with one attached hydrogen (secondary N) is 2. The molecule has 38 heavy (non-hydrogen) atoms. The van der Waals surface area contributed by atoms with Gasteiger partial charge >= 0.3 is 6.03 Å². The number of amides is 5. The summed E-state index contributed by atoms with van der Waals surface area (Å²) in [7, 11) is 0. The Kier molecular flexibility index (Phi) is 8.35. The van der Waals surface area contributed by atoms with E-state index in [2.05, 4.69) is 42.5 Å². The summed E-state index contributed by atoms with van der Waals surface area (Å²) in [5.41, 5.74) is 2.45. The van der Waals surface area contributed by atoms with Crippen molar-refractivity contribution in [2.45, 2.75) is 13.8 Å². The van der Waals surface area contributed by atoms with E-state index in [-0.39, 0.29) is 23.6 Å². The largest absolute Gasteiger partial charge is 0.482 e. The molecule has 0 aliphatic carbocycles. The van der Waals surface area contributed by atoms with Crippen LogP contribution >= 0.6 is 43.5 Å². The SMILES string of the molecule is Cc1ccc(NC(=O)COc2c(Br)cc(Br)cc2/C=C2/C(=O)NC(=O)N(c3cccc(Cl)c3C)C2=O)cc1. The van der Waals surface area contributed by atoms with E-state index < -0.39 is 23.8 Å². The van der Waals surface area contributed by atoms with Crippen molar-refractivity contribution in [2.24, 2.45) is 0 Å². The zero-order valence-corrected chi connectivity index (χ0v) is 24.0. The van der Waals surface area contributed by atoms with Crippen molar-refractivity contribution >= 4 is 84.7 Å². The van der Waals surface area contributed by atoms with Gasteiger partial charge in [-0.1, -0.05) is 51.3 Å². The van der Waals surface area contributed by atoms with Crippen LogP contribution < -0.4 is 20.3 Å². The molecule has 1 aliphatic heterocycles. The number of benzene rings is 3. The molecule has 5 amide bonds. The maximum atomic E-state index is 13.4. The predicted octanol–water partition coefficient (Wildman–Crippen LogP) is 6.17. The summed E-state index contributed by atoms with van der Waals surface area (Å²) in [4.78, 5) is 52.1. The molecule has 11 heteroatoms. The standard InChI is InChI=1S/C27H20Br2ClN3O5/c1-14-6-8-18(9-7-14)31-23(34)13-38-24-16(10-17(28)12-20(24)29)11-19-25(35)32-27(37)33(26(19)36)22-5-3-4-21(30)15(22)2/h3-12H,13H2,1-2H3,(H,31,34)(H,32,35,37)/b19-11-. The van der Waals surface area contributed by atoms with Crippen LogP contribution in [-0.4, -0.2) is 30.4 Å². The van der Waals surface area contributed by atoms with E-state index in [0.29, 0.717) is 30.8 Å². The van der Waals surface area contributed by atoms with Gasteiger partial charge in [0.25, 0.3) is 17.7 Å². The molecule has 0 radical (unpaired) electrons.